The molecule has 6 heteroatoms. The van der Waals surface area contributed by atoms with Gasteiger partial charge in [-0.2, -0.15) is 4.98 Å². The molecular weight excluding hydrogens is 414 g/mol. The molecule has 136 valence electrons. The Morgan fingerprint density at radius 3 is 2.57 bits per heavy atom. The van der Waals surface area contributed by atoms with Crippen LogP contribution in [-0.4, -0.2) is 26.6 Å². The van der Waals surface area contributed by atoms with Crippen LogP contribution in [0.4, 0.5) is 11.5 Å². The molecule has 0 atom stereocenters. The summed E-state index contributed by atoms with van der Waals surface area (Å²) in [5.74, 6) is 1.42. The molecule has 0 spiro atoms. The first-order valence-corrected chi connectivity index (χ1v) is 9.68. The molecule has 0 saturated carbocycles. The van der Waals surface area contributed by atoms with E-state index in [0.29, 0.717) is 5.78 Å². The average molecular weight is 430 g/mol. The number of benzene rings is 3. The van der Waals surface area contributed by atoms with Gasteiger partial charge in [0.15, 0.2) is 0 Å². The molecule has 0 amide bonds. The van der Waals surface area contributed by atoms with E-state index in [9.17, 15) is 0 Å². The van der Waals surface area contributed by atoms with Crippen molar-refractivity contribution >= 4 is 44.1 Å². The standard InChI is InChI=1S/C22H16BrN5/c1-27(18-9-5-8-16(12-18)15-6-3-2-4-7-15)21-19-11-10-17(23)13-20(19)28-14-24-26-22(28)25-21/h2-14H,1H3. The van der Waals surface area contributed by atoms with Gasteiger partial charge in [-0.1, -0.05) is 58.4 Å². The smallest absolute Gasteiger partial charge is 0.257 e. The fourth-order valence-corrected chi connectivity index (χ4v) is 3.77. The van der Waals surface area contributed by atoms with Gasteiger partial charge in [0.05, 0.1) is 5.52 Å². The molecule has 3 aromatic carbocycles. The second-order valence-electron chi connectivity index (χ2n) is 6.57. The van der Waals surface area contributed by atoms with Crippen LogP contribution in [0.15, 0.2) is 83.6 Å². The number of anilines is 2. The van der Waals surface area contributed by atoms with Crippen LogP contribution in [-0.2, 0) is 0 Å². The molecule has 0 bridgehead atoms. The number of nitrogens with zero attached hydrogens (tertiary/aromatic N) is 5. The van der Waals surface area contributed by atoms with Crippen LogP contribution in [0.5, 0.6) is 0 Å². The summed E-state index contributed by atoms with van der Waals surface area (Å²) < 4.78 is 2.90. The summed E-state index contributed by atoms with van der Waals surface area (Å²) in [6, 6.07) is 25.0. The largest absolute Gasteiger partial charge is 0.329 e. The summed E-state index contributed by atoms with van der Waals surface area (Å²) in [6.45, 7) is 0. The zero-order valence-electron chi connectivity index (χ0n) is 15.1. The fraction of sp³-hybridized carbons (Fsp3) is 0.0455. The van der Waals surface area contributed by atoms with Crippen LogP contribution in [0.25, 0.3) is 27.8 Å². The Bertz CT molecular complexity index is 1300. The Morgan fingerprint density at radius 2 is 1.71 bits per heavy atom. The summed E-state index contributed by atoms with van der Waals surface area (Å²) in [4.78, 5) is 6.87. The van der Waals surface area contributed by atoms with Gasteiger partial charge >= 0.3 is 0 Å². The minimum atomic E-state index is 0.576. The van der Waals surface area contributed by atoms with Gasteiger partial charge in [0, 0.05) is 22.6 Å². The maximum atomic E-state index is 4.77. The molecular formula is C22H16BrN5. The molecule has 0 unspecified atom stereocenters. The average Bonchev–Trinajstić information content (AvgIpc) is 3.22. The number of hydrogen-bond acceptors (Lipinski definition) is 4. The minimum Gasteiger partial charge on any atom is -0.329 e. The van der Waals surface area contributed by atoms with Crippen molar-refractivity contribution in [2.75, 3.05) is 11.9 Å². The van der Waals surface area contributed by atoms with Crippen molar-refractivity contribution < 1.29 is 0 Å². The maximum absolute atomic E-state index is 4.77. The van der Waals surface area contributed by atoms with Gasteiger partial charge in [0.1, 0.15) is 12.1 Å². The summed E-state index contributed by atoms with van der Waals surface area (Å²) in [6.07, 6.45) is 1.69. The van der Waals surface area contributed by atoms with Crippen LogP contribution >= 0.6 is 15.9 Å². The fourth-order valence-electron chi connectivity index (χ4n) is 3.43. The molecule has 0 aliphatic rings. The van der Waals surface area contributed by atoms with Gasteiger partial charge < -0.3 is 4.90 Å². The molecule has 2 heterocycles. The van der Waals surface area contributed by atoms with Crippen LogP contribution < -0.4 is 4.90 Å². The number of fused-ring (bicyclic) bond motifs is 3. The lowest BCUT2D eigenvalue weighted by Gasteiger charge is -2.21. The van der Waals surface area contributed by atoms with Crippen LogP contribution in [0, 0.1) is 0 Å². The molecule has 5 rings (SSSR count). The van der Waals surface area contributed by atoms with E-state index in [-0.39, 0.29) is 0 Å². The normalized spacial score (nSPS) is 11.2. The van der Waals surface area contributed by atoms with E-state index in [1.54, 1.807) is 6.33 Å². The Hall–Kier alpha value is -3.25. The van der Waals surface area contributed by atoms with E-state index in [0.717, 1.165) is 26.9 Å². The second kappa shape index (κ2) is 6.73. The van der Waals surface area contributed by atoms with Crippen molar-refractivity contribution in [2.45, 2.75) is 0 Å². The van der Waals surface area contributed by atoms with Gasteiger partial charge in [0.2, 0.25) is 0 Å². The van der Waals surface area contributed by atoms with Gasteiger partial charge in [0.25, 0.3) is 5.78 Å². The van der Waals surface area contributed by atoms with Crippen molar-refractivity contribution in [2.24, 2.45) is 0 Å². The first-order valence-electron chi connectivity index (χ1n) is 8.89. The van der Waals surface area contributed by atoms with Crippen molar-refractivity contribution in [3.05, 3.63) is 83.6 Å². The van der Waals surface area contributed by atoms with Crippen molar-refractivity contribution in [1.29, 1.82) is 0 Å². The summed E-state index contributed by atoms with van der Waals surface area (Å²) in [5.41, 5.74) is 4.42. The Balaban J connectivity index is 1.68. The molecule has 0 aliphatic heterocycles. The third-order valence-electron chi connectivity index (χ3n) is 4.85. The predicted octanol–water partition coefficient (Wildman–Crippen LogP) is 5.47. The Morgan fingerprint density at radius 1 is 0.893 bits per heavy atom. The van der Waals surface area contributed by atoms with E-state index in [4.69, 9.17) is 4.98 Å². The number of hydrogen-bond donors (Lipinski definition) is 0. The number of aromatic nitrogens is 4. The second-order valence-corrected chi connectivity index (χ2v) is 7.49. The molecule has 0 radical (unpaired) electrons. The molecule has 0 saturated heterocycles. The van der Waals surface area contributed by atoms with Gasteiger partial charge in [-0.25, -0.2) is 0 Å². The van der Waals surface area contributed by atoms with E-state index in [1.807, 2.05) is 23.6 Å². The van der Waals surface area contributed by atoms with Crippen molar-refractivity contribution in [3.63, 3.8) is 0 Å². The summed E-state index contributed by atoms with van der Waals surface area (Å²) >= 11 is 3.56. The molecule has 2 aromatic heterocycles. The van der Waals surface area contributed by atoms with Gasteiger partial charge in [-0.15, -0.1) is 10.2 Å². The van der Waals surface area contributed by atoms with Gasteiger partial charge in [-0.3, -0.25) is 4.40 Å². The van der Waals surface area contributed by atoms with Crippen LogP contribution in [0.2, 0.25) is 0 Å². The van der Waals surface area contributed by atoms with Gasteiger partial charge in [-0.05, 0) is 41.5 Å². The molecule has 5 aromatic rings. The van der Waals surface area contributed by atoms with E-state index < -0.39 is 0 Å². The lowest BCUT2D eigenvalue weighted by molar-refractivity contribution is 1.08. The highest BCUT2D eigenvalue weighted by Gasteiger charge is 2.15. The highest BCUT2D eigenvalue weighted by atomic mass is 79.9. The van der Waals surface area contributed by atoms with Crippen LogP contribution in [0.3, 0.4) is 0 Å². The molecule has 28 heavy (non-hydrogen) atoms. The lowest BCUT2D eigenvalue weighted by Crippen LogP contribution is -2.13. The summed E-state index contributed by atoms with van der Waals surface area (Å²) in [7, 11) is 2.03. The SMILES string of the molecule is CN(c1cccc(-c2ccccc2)c1)c1nc2nncn2c2cc(Br)ccc12. The minimum absolute atomic E-state index is 0.576. The van der Waals surface area contributed by atoms with Crippen molar-refractivity contribution in [3.8, 4) is 11.1 Å². The highest BCUT2D eigenvalue weighted by molar-refractivity contribution is 9.10. The van der Waals surface area contributed by atoms with E-state index in [1.165, 1.54) is 11.1 Å². The monoisotopic (exact) mass is 429 g/mol. The first-order chi connectivity index (χ1) is 13.7. The molecule has 0 fully saturated rings. The third-order valence-corrected chi connectivity index (χ3v) is 5.35. The summed E-state index contributed by atoms with van der Waals surface area (Å²) in [5, 5.41) is 9.22. The maximum Gasteiger partial charge on any atom is 0.257 e. The van der Waals surface area contributed by atoms with E-state index >= 15 is 0 Å². The van der Waals surface area contributed by atoms with Crippen LogP contribution in [0.1, 0.15) is 0 Å². The molecule has 5 nitrogen and oxygen atoms in total. The third kappa shape index (κ3) is 2.82. The first kappa shape index (κ1) is 16.9. The Kier molecular flexibility index (Phi) is 4.06. The quantitative estimate of drug-likeness (QED) is 0.381. The highest BCUT2D eigenvalue weighted by Crippen LogP contribution is 2.33. The lowest BCUT2D eigenvalue weighted by atomic mass is 10.0. The van der Waals surface area contributed by atoms with Crippen molar-refractivity contribution in [1.82, 2.24) is 19.6 Å². The molecule has 0 aliphatic carbocycles. The number of rotatable bonds is 3. The zero-order chi connectivity index (χ0) is 19.1. The topological polar surface area (TPSA) is 46.3 Å². The Labute approximate surface area is 170 Å². The van der Waals surface area contributed by atoms with E-state index in [2.05, 4.69) is 91.7 Å². The zero-order valence-corrected chi connectivity index (χ0v) is 16.7. The number of halogens is 1. The molecule has 0 N–H and O–H groups in total. The predicted molar refractivity (Wildman–Crippen MR) is 116 cm³/mol.